The molecular weight excluding hydrogens is 660 g/mol. The summed E-state index contributed by atoms with van der Waals surface area (Å²) in [5.41, 5.74) is -0.166. The molecule has 6 amide bonds. The first-order chi connectivity index (χ1) is 24.3. The number of nitrogens with one attached hydrogen (secondary N) is 4. The molecule has 2 aliphatic rings. The molecule has 52 heavy (non-hydrogen) atoms. The number of ketones is 1. The molecular formula is C40H64N6O6. The lowest BCUT2D eigenvalue weighted by molar-refractivity contribution is -0.144. The number of carbonyl (C=O) groups excluding carboxylic acids is 6. The Bertz CT molecular complexity index is 1370. The molecule has 2 unspecified atom stereocenters. The fraction of sp³-hybridized carbons (Fsp3) is 0.700. The van der Waals surface area contributed by atoms with Gasteiger partial charge in [-0.25, -0.2) is 4.79 Å². The zero-order valence-electron chi connectivity index (χ0n) is 32.9. The van der Waals surface area contributed by atoms with Gasteiger partial charge in [-0.15, -0.1) is 18.9 Å². The summed E-state index contributed by atoms with van der Waals surface area (Å²) < 4.78 is 0. The maximum absolute atomic E-state index is 14.5. The molecule has 0 aliphatic carbocycles. The van der Waals surface area contributed by atoms with Crippen LogP contribution in [-0.4, -0.2) is 95.6 Å². The fourth-order valence-electron chi connectivity index (χ4n) is 6.65. The van der Waals surface area contributed by atoms with Crippen LogP contribution in [-0.2, 0) is 24.0 Å². The molecule has 2 fully saturated rings. The van der Waals surface area contributed by atoms with E-state index in [-0.39, 0.29) is 42.8 Å². The molecule has 0 bridgehead atoms. The van der Waals surface area contributed by atoms with Gasteiger partial charge in [-0.2, -0.15) is 0 Å². The lowest BCUT2D eigenvalue weighted by Crippen LogP contribution is -2.62. The molecule has 0 aromatic carbocycles. The average molecular weight is 725 g/mol. The van der Waals surface area contributed by atoms with E-state index in [2.05, 4.69) is 33.8 Å². The maximum atomic E-state index is 14.5. The van der Waals surface area contributed by atoms with E-state index in [4.69, 9.17) is 6.42 Å². The molecule has 12 nitrogen and oxygen atoms in total. The van der Waals surface area contributed by atoms with Gasteiger partial charge >= 0.3 is 6.03 Å². The van der Waals surface area contributed by atoms with E-state index in [1.54, 1.807) is 4.90 Å². The van der Waals surface area contributed by atoms with Crippen LogP contribution in [0.15, 0.2) is 24.3 Å². The highest BCUT2D eigenvalue weighted by Gasteiger charge is 2.46. The second-order valence-electron chi connectivity index (χ2n) is 16.5. The second kappa shape index (κ2) is 20.2. The third kappa shape index (κ3) is 13.4. The molecule has 2 aliphatic heterocycles. The summed E-state index contributed by atoms with van der Waals surface area (Å²) >= 11 is 0. The molecule has 0 radical (unpaired) electrons. The smallest absolute Gasteiger partial charge is 0.315 e. The maximum Gasteiger partial charge on any atom is 0.315 e. The number of carbonyl (C=O) groups is 6. The van der Waals surface area contributed by atoms with Gasteiger partial charge in [0.15, 0.2) is 0 Å². The van der Waals surface area contributed by atoms with Gasteiger partial charge in [-0.1, -0.05) is 72.1 Å². The average Bonchev–Trinajstić information content (AvgIpc) is 3.47. The van der Waals surface area contributed by atoms with E-state index in [0.717, 1.165) is 31.3 Å². The van der Waals surface area contributed by atoms with Crippen LogP contribution in [0.4, 0.5) is 4.79 Å². The first-order valence-corrected chi connectivity index (χ1v) is 18.8. The summed E-state index contributed by atoms with van der Waals surface area (Å²) in [4.78, 5) is 84.3. The summed E-state index contributed by atoms with van der Waals surface area (Å²) in [7, 11) is 0. The van der Waals surface area contributed by atoms with Crippen LogP contribution in [0.5, 0.6) is 0 Å². The van der Waals surface area contributed by atoms with Crippen LogP contribution in [0, 0.1) is 29.1 Å². The molecule has 12 heteroatoms. The number of Topliss-reactive ketones (excluding diaryl/α,β-unsaturated/α-hetero) is 1. The van der Waals surface area contributed by atoms with Crippen molar-refractivity contribution < 1.29 is 28.8 Å². The van der Waals surface area contributed by atoms with Gasteiger partial charge in [0.1, 0.15) is 12.1 Å². The number of hydrogen-bond donors (Lipinski definition) is 4. The first-order valence-electron chi connectivity index (χ1n) is 18.8. The SMILES string of the molecule is C#CCCCCCC(NC(=O)[C@@H]1C(C=C(C)C)CCN1C(=O)[C@@H](NC(=O)N[C@H](CN1CCCCC1=O)C(C)(C)C)C(C)(C)C)C(=O)C(=O)NCC=C. The molecule has 0 aromatic heterocycles. The van der Waals surface area contributed by atoms with Crippen molar-refractivity contribution in [2.75, 3.05) is 26.2 Å². The van der Waals surface area contributed by atoms with Gasteiger partial charge in [0.05, 0.1) is 12.1 Å². The number of rotatable bonds is 17. The van der Waals surface area contributed by atoms with Crippen molar-refractivity contribution in [2.45, 2.75) is 137 Å². The van der Waals surface area contributed by atoms with Crippen LogP contribution < -0.4 is 21.3 Å². The standard InChI is InChI=1S/C40H64N6O6/c1-11-13-14-15-16-19-29(33(48)36(50)41-22-12-2)42-35(49)32-28(25-27(3)4)21-24-46(32)37(51)34(40(8,9)10)44-38(52)43-30(39(5,6)7)26-45-23-18-17-20-31(45)47/h1,12,25,28-30,32,34H,2,13-24,26H2,3-10H3,(H,41,50)(H,42,49)(H2,43,44,52)/t28?,29?,30-,32+,34-/m1/s1. The van der Waals surface area contributed by atoms with E-state index in [1.807, 2.05) is 61.5 Å². The molecule has 4 N–H and O–H groups in total. The van der Waals surface area contributed by atoms with Crippen LogP contribution in [0.2, 0.25) is 0 Å². The van der Waals surface area contributed by atoms with Crippen LogP contribution in [0.3, 0.4) is 0 Å². The Hall–Kier alpha value is -4.14. The van der Waals surface area contributed by atoms with Crippen molar-refractivity contribution in [1.29, 1.82) is 0 Å². The van der Waals surface area contributed by atoms with Gasteiger partial charge in [-0.05, 0) is 56.8 Å². The number of likely N-dealkylation sites (tertiary alicyclic amines) is 2. The van der Waals surface area contributed by atoms with Crippen molar-refractivity contribution in [1.82, 2.24) is 31.1 Å². The van der Waals surface area contributed by atoms with Crippen molar-refractivity contribution in [2.24, 2.45) is 16.7 Å². The van der Waals surface area contributed by atoms with Crippen LogP contribution in [0.25, 0.3) is 0 Å². The summed E-state index contributed by atoms with van der Waals surface area (Å²) in [5, 5.41) is 11.3. The minimum absolute atomic E-state index is 0.0694. The minimum Gasteiger partial charge on any atom is -0.346 e. The predicted molar refractivity (Wildman–Crippen MR) is 204 cm³/mol. The highest BCUT2D eigenvalue weighted by molar-refractivity contribution is 6.38. The number of hydrogen-bond acceptors (Lipinski definition) is 6. The Balaban J connectivity index is 2.37. The van der Waals surface area contributed by atoms with Gasteiger partial charge in [0.2, 0.25) is 23.5 Å². The van der Waals surface area contributed by atoms with E-state index >= 15 is 0 Å². The van der Waals surface area contributed by atoms with E-state index in [1.165, 1.54) is 11.0 Å². The Morgan fingerprint density at radius 3 is 2.23 bits per heavy atom. The van der Waals surface area contributed by atoms with Crippen molar-refractivity contribution in [3.05, 3.63) is 24.3 Å². The molecule has 290 valence electrons. The lowest BCUT2D eigenvalue weighted by atomic mass is 9.85. The monoisotopic (exact) mass is 724 g/mol. The van der Waals surface area contributed by atoms with Crippen molar-refractivity contribution in [3.8, 4) is 12.3 Å². The number of allylic oxidation sites excluding steroid dienone is 1. The van der Waals surface area contributed by atoms with Crippen molar-refractivity contribution >= 4 is 35.4 Å². The molecule has 2 heterocycles. The Labute approximate surface area is 311 Å². The van der Waals surface area contributed by atoms with E-state index in [9.17, 15) is 28.8 Å². The molecule has 0 aromatic rings. The number of urea groups is 1. The van der Waals surface area contributed by atoms with E-state index in [0.29, 0.717) is 38.8 Å². The molecule has 0 saturated carbocycles. The highest BCUT2D eigenvalue weighted by atomic mass is 16.2. The normalized spacial score (nSPS) is 19.4. The summed E-state index contributed by atoms with van der Waals surface area (Å²) in [5.74, 6) is -0.246. The van der Waals surface area contributed by atoms with E-state index < -0.39 is 53.1 Å². The molecule has 2 saturated heterocycles. The van der Waals surface area contributed by atoms with Crippen LogP contribution in [0.1, 0.15) is 113 Å². The molecule has 2 rings (SSSR count). The van der Waals surface area contributed by atoms with Crippen molar-refractivity contribution in [3.63, 3.8) is 0 Å². The zero-order valence-corrected chi connectivity index (χ0v) is 32.9. The summed E-state index contributed by atoms with van der Waals surface area (Å²) in [6.45, 7) is 20.3. The number of nitrogens with zero attached hydrogens (tertiary/aromatic N) is 2. The Kier molecular flexibility index (Phi) is 17.1. The summed E-state index contributed by atoms with van der Waals surface area (Å²) in [6, 6.07) is -4.01. The summed E-state index contributed by atoms with van der Waals surface area (Å²) in [6.07, 6.45) is 14.4. The fourth-order valence-corrected chi connectivity index (χ4v) is 6.65. The number of unbranched alkanes of at least 4 members (excludes halogenated alkanes) is 3. The van der Waals surface area contributed by atoms with Crippen LogP contribution >= 0.6 is 0 Å². The quantitative estimate of drug-likeness (QED) is 0.0761. The lowest BCUT2D eigenvalue weighted by Gasteiger charge is -2.39. The zero-order chi connectivity index (χ0) is 39.2. The third-order valence-electron chi connectivity index (χ3n) is 9.68. The largest absolute Gasteiger partial charge is 0.346 e. The molecule has 0 spiro atoms. The minimum atomic E-state index is -1.10. The van der Waals surface area contributed by atoms with Gasteiger partial charge in [0.25, 0.3) is 5.91 Å². The Morgan fingerprint density at radius 2 is 1.65 bits per heavy atom. The topological polar surface area (TPSA) is 157 Å². The third-order valence-corrected chi connectivity index (χ3v) is 9.68. The van der Waals surface area contributed by atoms with Gasteiger partial charge < -0.3 is 31.1 Å². The first kappa shape index (κ1) is 44.0. The highest BCUT2D eigenvalue weighted by Crippen LogP contribution is 2.31. The van der Waals surface area contributed by atoms with Gasteiger partial charge in [0, 0.05) is 44.9 Å². The number of amides is 6. The second-order valence-corrected chi connectivity index (χ2v) is 16.5. The number of terminal acetylenes is 1. The molecule has 5 atom stereocenters. The predicted octanol–water partition coefficient (Wildman–Crippen LogP) is 4.25. The number of piperidine rings is 1. The Morgan fingerprint density at radius 1 is 0.962 bits per heavy atom. The van der Waals surface area contributed by atoms with Gasteiger partial charge in [-0.3, -0.25) is 24.0 Å².